The van der Waals surface area contributed by atoms with Crippen LogP contribution in [0.3, 0.4) is 0 Å². The Balaban J connectivity index is 2.03. The molecule has 3 N–H and O–H groups in total. The van der Waals surface area contributed by atoms with Crippen LogP contribution in [0.4, 0.5) is 0 Å². The maximum Gasteiger partial charge on any atom is 0.246 e. The summed E-state index contributed by atoms with van der Waals surface area (Å²) in [6, 6.07) is -1.41. The summed E-state index contributed by atoms with van der Waals surface area (Å²) in [5.74, 6) is -2.13. The van der Waals surface area contributed by atoms with Crippen LogP contribution in [-0.4, -0.2) is 70.7 Å². The first-order chi connectivity index (χ1) is 13.2. The Morgan fingerprint density at radius 1 is 1.32 bits per heavy atom. The van der Waals surface area contributed by atoms with E-state index >= 15 is 0 Å². The average molecular weight is 396 g/mol. The number of amides is 3. The van der Waals surface area contributed by atoms with Gasteiger partial charge in [-0.15, -0.1) is 0 Å². The summed E-state index contributed by atoms with van der Waals surface area (Å²) in [4.78, 5) is 40.9. The number of rotatable bonds is 7. The van der Waals surface area contributed by atoms with Crippen LogP contribution in [0.25, 0.3) is 0 Å². The molecule has 1 spiro atoms. The minimum Gasteiger partial charge on any atom is -0.394 e. The van der Waals surface area contributed by atoms with E-state index in [0.29, 0.717) is 12.8 Å². The van der Waals surface area contributed by atoms with E-state index in [1.54, 1.807) is 14.0 Å². The van der Waals surface area contributed by atoms with Crippen LogP contribution < -0.4 is 10.6 Å². The summed E-state index contributed by atoms with van der Waals surface area (Å²) >= 11 is 0. The van der Waals surface area contributed by atoms with Crippen LogP contribution in [0.15, 0.2) is 0 Å². The van der Waals surface area contributed by atoms with Gasteiger partial charge in [0.2, 0.25) is 17.7 Å². The van der Waals surface area contributed by atoms with Crippen LogP contribution in [0.1, 0.15) is 53.4 Å². The van der Waals surface area contributed by atoms with Crippen molar-refractivity contribution in [2.45, 2.75) is 82.7 Å². The maximum absolute atomic E-state index is 13.4. The minimum absolute atomic E-state index is 0.0294. The molecule has 3 rings (SSSR count). The van der Waals surface area contributed by atoms with Gasteiger partial charge in [0.05, 0.1) is 30.1 Å². The minimum atomic E-state index is -1.03. The van der Waals surface area contributed by atoms with Gasteiger partial charge in [-0.2, -0.15) is 0 Å². The third-order valence-electron chi connectivity index (χ3n) is 6.84. The standard InChI is InChI=1S/C20H33N3O5/c1-6-7-11(2)22-17(26)15-20-9-8-19(4,28-20)13(16(25)21-5)14(20)18(27)23(15)12(3)10-24/h11-15,24H,6-10H2,1-5H3,(H,21,25)(H,22,26)/t11?,12-,13+,14+,15?,19-,20?/m1/s1. The van der Waals surface area contributed by atoms with Crippen LogP contribution in [0, 0.1) is 11.8 Å². The summed E-state index contributed by atoms with van der Waals surface area (Å²) in [6.45, 7) is 7.31. The van der Waals surface area contributed by atoms with Crippen molar-refractivity contribution in [1.82, 2.24) is 15.5 Å². The quantitative estimate of drug-likeness (QED) is 0.570. The molecule has 3 fully saturated rings. The lowest BCUT2D eigenvalue weighted by Gasteiger charge is -2.36. The van der Waals surface area contributed by atoms with Crippen molar-refractivity contribution in [2.75, 3.05) is 13.7 Å². The highest BCUT2D eigenvalue weighted by atomic mass is 16.5. The van der Waals surface area contributed by atoms with E-state index in [9.17, 15) is 19.5 Å². The second kappa shape index (κ2) is 7.30. The van der Waals surface area contributed by atoms with E-state index in [4.69, 9.17) is 4.74 Å². The number of nitrogens with zero attached hydrogens (tertiary/aromatic N) is 1. The molecule has 0 aromatic heterocycles. The van der Waals surface area contributed by atoms with Crippen molar-refractivity contribution in [3.63, 3.8) is 0 Å². The highest BCUT2D eigenvalue weighted by Crippen LogP contribution is 2.63. The smallest absolute Gasteiger partial charge is 0.246 e. The molecular weight excluding hydrogens is 362 g/mol. The molecular formula is C20H33N3O5. The van der Waals surface area contributed by atoms with Crippen molar-refractivity contribution < 1.29 is 24.2 Å². The molecule has 158 valence electrons. The Hall–Kier alpha value is -1.67. The molecule has 0 aliphatic carbocycles. The molecule has 3 unspecified atom stereocenters. The predicted octanol–water partition coefficient (Wildman–Crippen LogP) is 0.183. The number of hydrogen-bond donors (Lipinski definition) is 3. The molecule has 3 aliphatic heterocycles. The first-order valence-corrected chi connectivity index (χ1v) is 10.3. The number of fused-ring (bicyclic) bond motifs is 1. The normalized spacial score (nSPS) is 38.3. The third kappa shape index (κ3) is 2.84. The van der Waals surface area contributed by atoms with Crippen molar-refractivity contribution >= 4 is 17.7 Å². The topological polar surface area (TPSA) is 108 Å². The van der Waals surface area contributed by atoms with Gasteiger partial charge < -0.3 is 25.4 Å². The SMILES string of the molecule is CCCC(C)NC(=O)C1N([C@H](C)CO)C(=O)[C@@H]2[C@@H](C(=O)NC)[C@@]3(C)CCC12O3. The number of carbonyl (C=O) groups excluding carboxylic acids is 3. The molecule has 8 heteroatoms. The lowest BCUT2D eigenvalue weighted by molar-refractivity contribution is -0.149. The third-order valence-corrected chi connectivity index (χ3v) is 6.84. The molecule has 2 bridgehead atoms. The number of aliphatic hydroxyl groups excluding tert-OH is 1. The number of carbonyl (C=O) groups is 3. The van der Waals surface area contributed by atoms with Gasteiger partial charge >= 0.3 is 0 Å². The van der Waals surface area contributed by atoms with Crippen LogP contribution >= 0.6 is 0 Å². The van der Waals surface area contributed by atoms with Gasteiger partial charge in [-0.05, 0) is 40.0 Å². The van der Waals surface area contributed by atoms with E-state index in [2.05, 4.69) is 10.6 Å². The molecule has 3 amide bonds. The van der Waals surface area contributed by atoms with E-state index in [1.165, 1.54) is 4.90 Å². The Labute approximate surface area is 166 Å². The van der Waals surface area contributed by atoms with Gasteiger partial charge in [0, 0.05) is 13.1 Å². The number of ether oxygens (including phenoxy) is 1. The van der Waals surface area contributed by atoms with Gasteiger partial charge in [0.1, 0.15) is 11.6 Å². The van der Waals surface area contributed by atoms with Crippen molar-refractivity contribution in [3.8, 4) is 0 Å². The van der Waals surface area contributed by atoms with Crippen LogP contribution in [0.2, 0.25) is 0 Å². The summed E-state index contributed by atoms with van der Waals surface area (Å²) < 4.78 is 6.41. The largest absolute Gasteiger partial charge is 0.394 e. The Kier molecular flexibility index (Phi) is 5.49. The lowest BCUT2D eigenvalue weighted by atomic mass is 9.66. The van der Waals surface area contributed by atoms with Crippen LogP contribution in [-0.2, 0) is 19.1 Å². The zero-order valence-electron chi connectivity index (χ0n) is 17.4. The van der Waals surface area contributed by atoms with Crippen molar-refractivity contribution in [3.05, 3.63) is 0 Å². The number of aliphatic hydroxyl groups is 1. The van der Waals surface area contributed by atoms with Gasteiger partial charge in [-0.25, -0.2) is 0 Å². The molecule has 0 aromatic rings. The zero-order chi connectivity index (χ0) is 20.9. The Morgan fingerprint density at radius 3 is 2.57 bits per heavy atom. The molecule has 8 nitrogen and oxygen atoms in total. The summed E-state index contributed by atoms with van der Waals surface area (Å²) in [5.41, 5.74) is -1.79. The van der Waals surface area contributed by atoms with Gasteiger partial charge in [0.15, 0.2) is 0 Å². The van der Waals surface area contributed by atoms with E-state index in [0.717, 1.165) is 12.8 Å². The first kappa shape index (κ1) is 21.0. The number of hydrogen-bond acceptors (Lipinski definition) is 5. The second-order valence-electron chi connectivity index (χ2n) is 8.82. The van der Waals surface area contributed by atoms with E-state index in [-0.39, 0.29) is 30.4 Å². The first-order valence-electron chi connectivity index (χ1n) is 10.3. The lowest BCUT2D eigenvalue weighted by Crippen LogP contribution is -2.58. The average Bonchev–Trinajstić information content (AvgIpc) is 3.21. The predicted molar refractivity (Wildman–Crippen MR) is 102 cm³/mol. The Bertz CT molecular complexity index is 670. The summed E-state index contributed by atoms with van der Waals surface area (Å²) in [7, 11) is 1.55. The fraction of sp³-hybridized carbons (Fsp3) is 0.850. The maximum atomic E-state index is 13.4. The molecule has 3 saturated heterocycles. The Morgan fingerprint density at radius 2 is 2.00 bits per heavy atom. The monoisotopic (exact) mass is 395 g/mol. The molecule has 28 heavy (non-hydrogen) atoms. The molecule has 0 radical (unpaired) electrons. The number of nitrogens with one attached hydrogen (secondary N) is 2. The molecule has 3 aliphatic rings. The highest BCUT2D eigenvalue weighted by Gasteiger charge is 2.78. The molecule has 0 aromatic carbocycles. The number of likely N-dealkylation sites (tertiary alicyclic amines) is 1. The van der Waals surface area contributed by atoms with E-state index < -0.39 is 35.1 Å². The summed E-state index contributed by atoms with van der Waals surface area (Å²) in [6.07, 6.45) is 2.92. The van der Waals surface area contributed by atoms with Gasteiger partial charge in [0.25, 0.3) is 0 Å². The molecule has 7 atom stereocenters. The molecule has 0 saturated carbocycles. The van der Waals surface area contributed by atoms with Gasteiger partial charge in [-0.1, -0.05) is 13.3 Å². The fourth-order valence-corrected chi connectivity index (χ4v) is 5.61. The summed E-state index contributed by atoms with van der Waals surface area (Å²) in [5, 5.41) is 15.4. The van der Waals surface area contributed by atoms with Crippen molar-refractivity contribution in [2.24, 2.45) is 11.8 Å². The second-order valence-corrected chi connectivity index (χ2v) is 8.82. The van der Waals surface area contributed by atoms with Crippen molar-refractivity contribution in [1.29, 1.82) is 0 Å². The fourth-order valence-electron chi connectivity index (χ4n) is 5.61. The highest BCUT2D eigenvalue weighted by molar-refractivity contribution is 5.99. The zero-order valence-corrected chi connectivity index (χ0v) is 17.4. The van der Waals surface area contributed by atoms with E-state index in [1.807, 2.05) is 20.8 Å². The molecule has 3 heterocycles. The van der Waals surface area contributed by atoms with Crippen LogP contribution in [0.5, 0.6) is 0 Å². The van der Waals surface area contributed by atoms with Gasteiger partial charge in [-0.3, -0.25) is 14.4 Å².